The van der Waals surface area contributed by atoms with Gasteiger partial charge in [0.1, 0.15) is 0 Å². The van der Waals surface area contributed by atoms with Gasteiger partial charge in [0.15, 0.2) is 0 Å². The van der Waals surface area contributed by atoms with Crippen LogP contribution in [0.5, 0.6) is 0 Å². The normalized spacial score (nSPS) is 14.1. The van der Waals surface area contributed by atoms with Crippen LogP contribution in [-0.4, -0.2) is 29.4 Å². The van der Waals surface area contributed by atoms with E-state index >= 15 is 0 Å². The van der Waals surface area contributed by atoms with Gasteiger partial charge in [0, 0.05) is 41.8 Å². The first-order chi connectivity index (χ1) is 10.1. The number of carbonyl (C=O) groups is 2. The van der Waals surface area contributed by atoms with Crippen LogP contribution in [-0.2, 0) is 4.79 Å². The largest absolute Gasteiger partial charge is 0.399 e. The van der Waals surface area contributed by atoms with Crippen LogP contribution in [0.2, 0.25) is 0 Å². The molecule has 0 bridgehead atoms. The van der Waals surface area contributed by atoms with E-state index in [-0.39, 0.29) is 11.8 Å². The molecule has 0 unspecified atom stereocenters. The first-order valence-electron chi connectivity index (χ1n) is 7.07. The second-order valence-electron chi connectivity index (χ2n) is 5.36. The number of anilines is 1. The number of aromatic nitrogens is 1. The van der Waals surface area contributed by atoms with Gasteiger partial charge in [0.05, 0.1) is 5.56 Å². The summed E-state index contributed by atoms with van der Waals surface area (Å²) in [6.45, 7) is 0.326. The summed E-state index contributed by atoms with van der Waals surface area (Å²) in [5.41, 5.74) is 7.76. The molecule has 1 heterocycles. The average Bonchev–Trinajstić information content (AvgIpc) is 3.15. The zero-order chi connectivity index (χ0) is 14.8. The lowest BCUT2D eigenvalue weighted by Gasteiger charge is -2.05. The number of rotatable bonds is 5. The minimum Gasteiger partial charge on any atom is -0.399 e. The van der Waals surface area contributed by atoms with E-state index in [4.69, 9.17) is 5.73 Å². The molecule has 1 aromatic heterocycles. The fourth-order valence-electron chi connectivity index (χ4n) is 2.24. The second-order valence-corrected chi connectivity index (χ2v) is 5.36. The van der Waals surface area contributed by atoms with Crippen molar-refractivity contribution in [3.63, 3.8) is 0 Å². The number of carbonyl (C=O) groups excluding carboxylic acids is 2. The number of H-pyrrole nitrogens is 1. The summed E-state index contributed by atoms with van der Waals surface area (Å²) in [5.74, 6) is -0.216. The zero-order valence-electron chi connectivity index (χ0n) is 11.6. The Bertz CT molecular complexity index is 688. The van der Waals surface area contributed by atoms with Crippen molar-refractivity contribution in [2.45, 2.75) is 25.3 Å². The molecule has 3 rings (SSSR count). The fraction of sp³-hybridized carbons (Fsp3) is 0.333. The second kappa shape index (κ2) is 5.47. The van der Waals surface area contributed by atoms with Crippen molar-refractivity contribution in [1.29, 1.82) is 0 Å². The Hall–Kier alpha value is -2.50. The van der Waals surface area contributed by atoms with Crippen LogP contribution >= 0.6 is 0 Å². The Kier molecular flexibility index (Phi) is 3.51. The Morgan fingerprint density at radius 3 is 2.90 bits per heavy atom. The summed E-state index contributed by atoms with van der Waals surface area (Å²) in [6.07, 6.45) is 4.08. The summed E-state index contributed by atoms with van der Waals surface area (Å²) in [4.78, 5) is 26.7. The van der Waals surface area contributed by atoms with Crippen LogP contribution in [0.15, 0.2) is 24.4 Å². The summed E-state index contributed by atoms with van der Waals surface area (Å²) < 4.78 is 0. The number of aromatic amines is 1. The molecule has 6 nitrogen and oxygen atoms in total. The van der Waals surface area contributed by atoms with E-state index < -0.39 is 0 Å². The topological polar surface area (TPSA) is 100 Å². The smallest absolute Gasteiger partial charge is 0.253 e. The predicted octanol–water partition coefficient (Wildman–Crippen LogP) is 1.15. The third kappa shape index (κ3) is 3.16. The fourth-order valence-corrected chi connectivity index (χ4v) is 2.24. The third-order valence-corrected chi connectivity index (χ3v) is 3.53. The number of hydrogen-bond donors (Lipinski definition) is 4. The molecule has 6 heteroatoms. The van der Waals surface area contributed by atoms with Gasteiger partial charge < -0.3 is 21.4 Å². The summed E-state index contributed by atoms with van der Waals surface area (Å²) in [7, 11) is 0. The number of hydrogen-bond acceptors (Lipinski definition) is 3. The van der Waals surface area contributed by atoms with Gasteiger partial charge in [-0.15, -0.1) is 0 Å². The van der Waals surface area contributed by atoms with Crippen molar-refractivity contribution in [3.05, 3.63) is 30.0 Å². The third-order valence-electron chi connectivity index (χ3n) is 3.53. The molecule has 1 aliphatic carbocycles. The van der Waals surface area contributed by atoms with Crippen LogP contribution in [0.25, 0.3) is 10.9 Å². The Morgan fingerprint density at radius 2 is 2.14 bits per heavy atom. The molecule has 0 spiro atoms. The number of fused-ring (bicyclic) bond motifs is 1. The van der Waals surface area contributed by atoms with Crippen molar-refractivity contribution < 1.29 is 9.59 Å². The molecule has 2 aromatic rings. The Balaban J connectivity index is 1.58. The van der Waals surface area contributed by atoms with E-state index in [1.165, 1.54) is 0 Å². The van der Waals surface area contributed by atoms with E-state index in [1.54, 1.807) is 18.3 Å². The van der Waals surface area contributed by atoms with Crippen LogP contribution in [0.1, 0.15) is 29.6 Å². The Morgan fingerprint density at radius 1 is 1.33 bits per heavy atom. The van der Waals surface area contributed by atoms with Gasteiger partial charge >= 0.3 is 0 Å². The molecule has 0 aliphatic heterocycles. The van der Waals surface area contributed by atoms with Gasteiger partial charge in [-0.25, -0.2) is 0 Å². The molecule has 0 radical (unpaired) electrons. The number of nitrogen functional groups attached to an aromatic ring is 1. The van der Waals surface area contributed by atoms with Gasteiger partial charge in [-0.3, -0.25) is 9.59 Å². The minimum atomic E-state index is -0.203. The summed E-state index contributed by atoms with van der Waals surface area (Å²) in [6, 6.07) is 5.73. The lowest BCUT2D eigenvalue weighted by atomic mass is 10.1. The van der Waals surface area contributed by atoms with Crippen molar-refractivity contribution in [2.24, 2.45) is 0 Å². The lowest BCUT2D eigenvalue weighted by Crippen LogP contribution is -2.31. The number of nitrogens with two attached hydrogens (primary N) is 1. The standard InChI is InChI=1S/C15H18N4O2/c16-9-1-4-13-11(7-9)12(8-18-13)15(21)17-6-5-14(20)19-10-2-3-10/h1,4,7-8,10,18H,2-3,5-6,16H2,(H,17,21)(H,19,20). The molecule has 1 fully saturated rings. The summed E-state index contributed by atoms with van der Waals surface area (Å²) in [5, 5.41) is 6.43. The molecule has 2 amide bonds. The SMILES string of the molecule is Nc1ccc2[nH]cc(C(=O)NCCC(=O)NC3CC3)c2c1. The minimum absolute atomic E-state index is 0.0130. The van der Waals surface area contributed by atoms with Crippen LogP contribution in [0.4, 0.5) is 5.69 Å². The number of amides is 2. The van der Waals surface area contributed by atoms with Crippen LogP contribution in [0, 0.1) is 0 Å². The van der Waals surface area contributed by atoms with Gasteiger partial charge in [0.2, 0.25) is 5.91 Å². The molecule has 5 N–H and O–H groups in total. The molecule has 1 saturated carbocycles. The first kappa shape index (κ1) is 13.5. The van der Waals surface area contributed by atoms with Gasteiger partial charge in [-0.2, -0.15) is 0 Å². The molecule has 1 aliphatic rings. The number of nitrogens with one attached hydrogen (secondary N) is 3. The zero-order valence-corrected chi connectivity index (χ0v) is 11.6. The molecule has 0 saturated heterocycles. The van der Waals surface area contributed by atoms with Gasteiger partial charge in [-0.05, 0) is 31.0 Å². The van der Waals surface area contributed by atoms with E-state index in [0.29, 0.717) is 30.3 Å². The van der Waals surface area contributed by atoms with Crippen molar-refractivity contribution in [3.8, 4) is 0 Å². The van der Waals surface area contributed by atoms with Gasteiger partial charge in [0.25, 0.3) is 5.91 Å². The van der Waals surface area contributed by atoms with Gasteiger partial charge in [-0.1, -0.05) is 0 Å². The average molecular weight is 286 g/mol. The van der Waals surface area contributed by atoms with E-state index in [1.807, 2.05) is 6.07 Å². The van der Waals surface area contributed by atoms with E-state index in [0.717, 1.165) is 23.7 Å². The molecule has 21 heavy (non-hydrogen) atoms. The molecular formula is C15H18N4O2. The Labute approximate surface area is 122 Å². The van der Waals surface area contributed by atoms with Crippen LogP contribution < -0.4 is 16.4 Å². The predicted molar refractivity (Wildman–Crippen MR) is 80.8 cm³/mol. The van der Waals surface area contributed by atoms with Crippen molar-refractivity contribution >= 4 is 28.4 Å². The highest BCUT2D eigenvalue weighted by Gasteiger charge is 2.22. The quantitative estimate of drug-likeness (QED) is 0.620. The van der Waals surface area contributed by atoms with Crippen molar-refractivity contribution in [1.82, 2.24) is 15.6 Å². The molecular weight excluding hydrogens is 268 g/mol. The highest BCUT2D eigenvalue weighted by atomic mass is 16.2. The highest BCUT2D eigenvalue weighted by molar-refractivity contribution is 6.07. The van der Waals surface area contributed by atoms with E-state index in [9.17, 15) is 9.59 Å². The van der Waals surface area contributed by atoms with E-state index in [2.05, 4.69) is 15.6 Å². The molecule has 0 atom stereocenters. The maximum Gasteiger partial charge on any atom is 0.253 e. The summed E-state index contributed by atoms with van der Waals surface area (Å²) >= 11 is 0. The molecule has 1 aromatic carbocycles. The maximum atomic E-state index is 12.1. The maximum absolute atomic E-state index is 12.1. The van der Waals surface area contributed by atoms with Crippen molar-refractivity contribution in [2.75, 3.05) is 12.3 Å². The highest BCUT2D eigenvalue weighted by Crippen LogP contribution is 2.21. The first-order valence-corrected chi connectivity index (χ1v) is 7.07. The molecule has 110 valence electrons. The number of benzene rings is 1. The van der Waals surface area contributed by atoms with Crippen LogP contribution in [0.3, 0.4) is 0 Å². The monoisotopic (exact) mass is 286 g/mol. The lowest BCUT2D eigenvalue weighted by molar-refractivity contribution is -0.121.